The Morgan fingerprint density at radius 3 is 2.54 bits per heavy atom. The molecule has 0 amide bonds. The van der Waals surface area contributed by atoms with Gasteiger partial charge in [-0.3, -0.25) is 9.36 Å². The minimum Gasteiger partial charge on any atom is -0.496 e. The Bertz CT molecular complexity index is 883. The van der Waals surface area contributed by atoms with Crippen molar-refractivity contribution >= 4 is 0 Å². The van der Waals surface area contributed by atoms with Crippen LogP contribution >= 0.6 is 0 Å². The number of ether oxygens (including phenoxy) is 1. The van der Waals surface area contributed by atoms with Gasteiger partial charge in [0.25, 0.3) is 5.56 Å². The van der Waals surface area contributed by atoms with E-state index >= 15 is 0 Å². The molecule has 0 radical (unpaired) electrons. The predicted octanol–water partition coefficient (Wildman–Crippen LogP) is 2.15. The van der Waals surface area contributed by atoms with Crippen molar-refractivity contribution < 1.29 is 23.0 Å². The van der Waals surface area contributed by atoms with Crippen LogP contribution in [-0.2, 0) is 13.2 Å². The van der Waals surface area contributed by atoms with Gasteiger partial charge in [0.1, 0.15) is 11.9 Å². The number of rotatable bonds is 7. The number of nitrogens with zero attached hydrogens (tertiary/aromatic N) is 3. The van der Waals surface area contributed by atoms with E-state index in [9.17, 15) is 23.1 Å². The van der Waals surface area contributed by atoms with Gasteiger partial charge in [0.05, 0.1) is 18.2 Å². The van der Waals surface area contributed by atoms with Crippen molar-refractivity contribution in [2.24, 2.45) is 13.0 Å². The Morgan fingerprint density at radius 2 is 2.00 bits per heavy atom. The van der Waals surface area contributed by atoms with E-state index in [4.69, 9.17) is 4.74 Å². The average molecular weight is 400 g/mol. The Hall–Kier alpha value is -2.46. The van der Waals surface area contributed by atoms with Gasteiger partial charge in [0.2, 0.25) is 0 Å². The molecule has 1 heterocycles. The van der Waals surface area contributed by atoms with E-state index in [0.717, 1.165) is 16.7 Å². The van der Waals surface area contributed by atoms with Crippen LogP contribution in [0.25, 0.3) is 11.4 Å². The van der Waals surface area contributed by atoms with Crippen LogP contribution in [0.3, 0.4) is 0 Å². The first-order valence-corrected chi connectivity index (χ1v) is 8.67. The Kier molecular flexibility index (Phi) is 6.78. The lowest BCUT2D eigenvalue weighted by molar-refractivity contribution is -0.137. The summed E-state index contributed by atoms with van der Waals surface area (Å²) < 4.78 is 45.0. The third-order valence-electron chi connectivity index (χ3n) is 4.58. The predicted molar refractivity (Wildman–Crippen MR) is 96.9 cm³/mol. The van der Waals surface area contributed by atoms with Gasteiger partial charge in [-0.15, -0.1) is 10.2 Å². The lowest BCUT2D eigenvalue weighted by Crippen LogP contribution is -2.33. The van der Waals surface area contributed by atoms with Crippen molar-refractivity contribution in [3.63, 3.8) is 0 Å². The van der Waals surface area contributed by atoms with Crippen LogP contribution in [0, 0.1) is 5.92 Å². The second kappa shape index (κ2) is 8.70. The van der Waals surface area contributed by atoms with Crippen LogP contribution in [0.1, 0.15) is 30.7 Å². The smallest absolute Gasteiger partial charge is 0.416 e. The van der Waals surface area contributed by atoms with Crippen molar-refractivity contribution in [1.29, 1.82) is 0 Å². The monoisotopic (exact) mass is 400 g/mol. The second-order valence-corrected chi connectivity index (χ2v) is 6.36. The van der Waals surface area contributed by atoms with Gasteiger partial charge in [-0.05, 0) is 31.7 Å². The van der Waals surface area contributed by atoms with Gasteiger partial charge in [-0.25, -0.2) is 0 Å². The second-order valence-electron chi connectivity index (χ2n) is 6.36. The van der Waals surface area contributed by atoms with E-state index in [1.807, 2.05) is 6.92 Å². The highest BCUT2D eigenvalue weighted by Crippen LogP contribution is 2.36. The average Bonchev–Trinajstić information content (AvgIpc) is 2.66. The molecule has 2 rings (SSSR count). The van der Waals surface area contributed by atoms with E-state index in [2.05, 4.69) is 15.5 Å². The molecule has 0 saturated carbocycles. The van der Waals surface area contributed by atoms with Gasteiger partial charge >= 0.3 is 6.18 Å². The molecule has 0 spiro atoms. The molecule has 28 heavy (non-hydrogen) atoms. The summed E-state index contributed by atoms with van der Waals surface area (Å²) in [5.74, 6) is -0.291. The summed E-state index contributed by atoms with van der Waals surface area (Å²) in [5, 5.41) is 21.3. The van der Waals surface area contributed by atoms with Crippen LogP contribution in [0.15, 0.2) is 23.0 Å². The lowest BCUT2D eigenvalue weighted by atomic mass is 9.97. The zero-order valence-electron chi connectivity index (χ0n) is 16.0. The minimum absolute atomic E-state index is 0.0354. The van der Waals surface area contributed by atoms with E-state index in [-0.39, 0.29) is 28.7 Å². The number of halogens is 3. The first kappa shape index (κ1) is 21.8. The van der Waals surface area contributed by atoms with Crippen LogP contribution in [-0.4, -0.2) is 40.6 Å². The quantitative estimate of drug-likeness (QED) is 0.740. The number of aliphatic hydroxyl groups excluding tert-OH is 1. The summed E-state index contributed by atoms with van der Waals surface area (Å²) in [4.78, 5) is 12.7. The molecule has 2 unspecified atom stereocenters. The summed E-state index contributed by atoms with van der Waals surface area (Å²) in [6, 6.07) is 2.90. The van der Waals surface area contributed by atoms with Crippen molar-refractivity contribution in [3.05, 3.63) is 39.8 Å². The van der Waals surface area contributed by atoms with Gasteiger partial charge in [0.15, 0.2) is 11.5 Å². The normalized spacial score (nSPS) is 14.0. The SMILES string of the molecule is CCC(CNC)C(O)c1nnc(-c2ccc(C(F)(F)F)cc2OC)n(C)c1=O. The van der Waals surface area contributed by atoms with Crippen LogP contribution < -0.4 is 15.6 Å². The zero-order chi connectivity index (χ0) is 21.1. The van der Waals surface area contributed by atoms with E-state index in [1.54, 1.807) is 7.05 Å². The largest absolute Gasteiger partial charge is 0.496 e. The van der Waals surface area contributed by atoms with Crippen LogP contribution in [0.5, 0.6) is 5.75 Å². The molecule has 10 heteroatoms. The molecule has 0 aliphatic heterocycles. The number of aliphatic hydroxyl groups is 1. The number of hydrogen-bond donors (Lipinski definition) is 2. The molecule has 2 aromatic rings. The van der Waals surface area contributed by atoms with Crippen molar-refractivity contribution in [2.45, 2.75) is 25.6 Å². The highest BCUT2D eigenvalue weighted by molar-refractivity contribution is 5.65. The number of nitrogens with one attached hydrogen (secondary N) is 1. The van der Waals surface area contributed by atoms with E-state index < -0.39 is 23.4 Å². The number of alkyl halides is 3. The number of benzene rings is 1. The molecule has 2 atom stereocenters. The minimum atomic E-state index is -4.53. The third-order valence-corrected chi connectivity index (χ3v) is 4.58. The summed E-state index contributed by atoms with van der Waals surface area (Å²) in [6.45, 7) is 2.36. The van der Waals surface area contributed by atoms with Gasteiger partial charge < -0.3 is 15.2 Å². The summed E-state index contributed by atoms with van der Waals surface area (Å²) in [5.41, 5.74) is -1.38. The van der Waals surface area contributed by atoms with E-state index in [1.165, 1.54) is 20.2 Å². The van der Waals surface area contributed by atoms with Gasteiger partial charge in [-0.2, -0.15) is 13.2 Å². The van der Waals surface area contributed by atoms with Crippen LogP contribution in [0.4, 0.5) is 13.2 Å². The summed E-state index contributed by atoms with van der Waals surface area (Å²) in [6.07, 6.45) is -5.03. The standard InChI is InChI=1S/C18H23F3N4O3/c1-5-10(9-22-2)15(26)14-17(27)25(3)16(24-23-14)12-7-6-11(18(19,20)21)8-13(12)28-4/h6-8,10,15,22,26H,5,9H2,1-4H3. The molecule has 0 bridgehead atoms. The maximum absolute atomic E-state index is 12.9. The Morgan fingerprint density at radius 1 is 1.32 bits per heavy atom. The van der Waals surface area contributed by atoms with Gasteiger partial charge in [0, 0.05) is 19.5 Å². The molecule has 0 aliphatic carbocycles. The fourth-order valence-corrected chi connectivity index (χ4v) is 2.92. The molecule has 7 nitrogen and oxygen atoms in total. The molecule has 1 aromatic heterocycles. The number of methoxy groups -OCH3 is 1. The molecule has 1 aromatic carbocycles. The van der Waals surface area contributed by atoms with Gasteiger partial charge in [-0.1, -0.05) is 6.92 Å². The number of hydrogen-bond acceptors (Lipinski definition) is 6. The third kappa shape index (κ3) is 4.33. The molecule has 0 saturated heterocycles. The Balaban J connectivity index is 2.52. The molecule has 0 aliphatic rings. The first-order chi connectivity index (χ1) is 13.1. The maximum atomic E-state index is 12.9. The fourth-order valence-electron chi connectivity index (χ4n) is 2.92. The van der Waals surface area contributed by atoms with Crippen molar-refractivity contribution in [2.75, 3.05) is 20.7 Å². The molecular formula is C18H23F3N4O3. The highest BCUT2D eigenvalue weighted by atomic mass is 19.4. The Labute approximate surface area is 160 Å². The fraction of sp³-hybridized carbons (Fsp3) is 0.500. The maximum Gasteiger partial charge on any atom is 0.416 e. The zero-order valence-corrected chi connectivity index (χ0v) is 16.0. The lowest BCUT2D eigenvalue weighted by Gasteiger charge is -2.21. The van der Waals surface area contributed by atoms with Crippen molar-refractivity contribution in [3.8, 4) is 17.1 Å². The molecule has 2 N–H and O–H groups in total. The van der Waals surface area contributed by atoms with Crippen LogP contribution in [0.2, 0.25) is 0 Å². The highest BCUT2D eigenvalue weighted by Gasteiger charge is 2.32. The van der Waals surface area contributed by atoms with E-state index in [0.29, 0.717) is 13.0 Å². The summed E-state index contributed by atoms with van der Waals surface area (Å²) in [7, 11) is 4.38. The topological polar surface area (TPSA) is 89.3 Å². The molecule has 154 valence electrons. The molecule has 0 fully saturated rings. The molecular weight excluding hydrogens is 377 g/mol. The first-order valence-electron chi connectivity index (χ1n) is 8.67. The van der Waals surface area contributed by atoms with Crippen molar-refractivity contribution in [1.82, 2.24) is 20.1 Å². The summed E-state index contributed by atoms with van der Waals surface area (Å²) >= 11 is 0. The number of aromatic nitrogens is 3.